The standard InChI is InChI=1S/C12H19NO/c1-4-10(5-2)12(14)11-8-13-7-6-9(11)3/h6-8,10,12,14H,4-5H2,1-3H3. The zero-order valence-corrected chi connectivity index (χ0v) is 9.20. The third kappa shape index (κ3) is 2.32. The van der Waals surface area contributed by atoms with Gasteiger partial charge in [0.2, 0.25) is 0 Å². The van der Waals surface area contributed by atoms with Gasteiger partial charge in [0.1, 0.15) is 0 Å². The second-order valence-electron chi connectivity index (χ2n) is 3.75. The number of aryl methyl sites for hydroxylation is 1. The van der Waals surface area contributed by atoms with E-state index >= 15 is 0 Å². The third-order valence-electron chi connectivity index (χ3n) is 2.89. The van der Waals surface area contributed by atoms with Gasteiger partial charge in [0.15, 0.2) is 0 Å². The van der Waals surface area contributed by atoms with Gasteiger partial charge in [-0.25, -0.2) is 0 Å². The van der Waals surface area contributed by atoms with Crippen molar-refractivity contribution in [2.75, 3.05) is 0 Å². The molecule has 78 valence electrons. The number of aromatic nitrogens is 1. The predicted octanol–water partition coefficient (Wildman–Crippen LogP) is 2.86. The van der Waals surface area contributed by atoms with E-state index in [4.69, 9.17) is 0 Å². The summed E-state index contributed by atoms with van der Waals surface area (Å²) in [6.07, 6.45) is 5.19. The Morgan fingerprint density at radius 3 is 2.50 bits per heavy atom. The molecule has 0 aromatic carbocycles. The summed E-state index contributed by atoms with van der Waals surface area (Å²) in [5.41, 5.74) is 2.10. The van der Waals surface area contributed by atoms with Gasteiger partial charge in [-0.05, 0) is 24.5 Å². The van der Waals surface area contributed by atoms with Crippen molar-refractivity contribution in [3.8, 4) is 0 Å². The Labute approximate surface area is 86.0 Å². The molecule has 0 saturated carbocycles. The number of pyridine rings is 1. The molecule has 1 atom stereocenters. The van der Waals surface area contributed by atoms with Crippen LogP contribution in [0.15, 0.2) is 18.5 Å². The van der Waals surface area contributed by atoms with Crippen LogP contribution in [0, 0.1) is 12.8 Å². The van der Waals surface area contributed by atoms with Crippen LogP contribution in [0.2, 0.25) is 0 Å². The topological polar surface area (TPSA) is 33.1 Å². The van der Waals surface area contributed by atoms with Crippen molar-refractivity contribution in [3.63, 3.8) is 0 Å². The Morgan fingerprint density at radius 1 is 1.36 bits per heavy atom. The Hall–Kier alpha value is -0.890. The maximum atomic E-state index is 10.1. The number of hydrogen-bond donors (Lipinski definition) is 1. The number of nitrogens with zero attached hydrogens (tertiary/aromatic N) is 1. The number of hydrogen-bond acceptors (Lipinski definition) is 2. The van der Waals surface area contributed by atoms with E-state index in [2.05, 4.69) is 18.8 Å². The second-order valence-corrected chi connectivity index (χ2v) is 3.75. The van der Waals surface area contributed by atoms with Gasteiger partial charge in [-0.15, -0.1) is 0 Å². The first kappa shape index (κ1) is 11.2. The average Bonchev–Trinajstić information content (AvgIpc) is 2.20. The minimum absolute atomic E-state index is 0.345. The lowest BCUT2D eigenvalue weighted by Gasteiger charge is -2.21. The molecule has 0 radical (unpaired) electrons. The van der Waals surface area contributed by atoms with Crippen LogP contribution in [0.4, 0.5) is 0 Å². The second kappa shape index (κ2) is 5.11. The molecule has 1 rings (SSSR count). The average molecular weight is 193 g/mol. The van der Waals surface area contributed by atoms with Crippen LogP contribution in [0.5, 0.6) is 0 Å². The van der Waals surface area contributed by atoms with E-state index in [0.29, 0.717) is 5.92 Å². The van der Waals surface area contributed by atoms with E-state index in [1.807, 2.05) is 13.0 Å². The Balaban J connectivity index is 2.88. The zero-order valence-electron chi connectivity index (χ0n) is 9.20. The number of aliphatic hydroxyl groups excluding tert-OH is 1. The molecule has 0 fully saturated rings. The fraction of sp³-hybridized carbons (Fsp3) is 0.583. The Bertz CT molecular complexity index is 281. The lowest BCUT2D eigenvalue weighted by atomic mass is 9.90. The molecule has 1 heterocycles. The summed E-state index contributed by atoms with van der Waals surface area (Å²) in [5, 5.41) is 10.1. The van der Waals surface area contributed by atoms with E-state index in [9.17, 15) is 5.11 Å². The first-order valence-corrected chi connectivity index (χ1v) is 5.29. The summed E-state index contributed by atoms with van der Waals surface area (Å²) in [6.45, 7) is 6.24. The third-order valence-corrected chi connectivity index (χ3v) is 2.89. The van der Waals surface area contributed by atoms with Crippen molar-refractivity contribution in [2.45, 2.75) is 39.7 Å². The molecule has 0 amide bonds. The summed E-state index contributed by atoms with van der Waals surface area (Å²) in [7, 11) is 0. The number of aliphatic hydroxyl groups is 1. The molecule has 1 N–H and O–H groups in total. The van der Waals surface area contributed by atoms with Gasteiger partial charge in [0.25, 0.3) is 0 Å². The molecule has 0 aliphatic heterocycles. The summed E-state index contributed by atoms with van der Waals surface area (Å²) < 4.78 is 0. The van der Waals surface area contributed by atoms with E-state index in [1.54, 1.807) is 12.4 Å². The van der Waals surface area contributed by atoms with Gasteiger partial charge in [-0.2, -0.15) is 0 Å². The number of rotatable bonds is 4. The van der Waals surface area contributed by atoms with Crippen LogP contribution in [-0.2, 0) is 0 Å². The van der Waals surface area contributed by atoms with Crippen LogP contribution >= 0.6 is 0 Å². The Kier molecular flexibility index (Phi) is 4.08. The molecule has 2 heteroatoms. The summed E-state index contributed by atoms with van der Waals surface area (Å²) >= 11 is 0. The van der Waals surface area contributed by atoms with Crippen molar-refractivity contribution in [1.29, 1.82) is 0 Å². The minimum atomic E-state index is -0.362. The highest BCUT2D eigenvalue weighted by molar-refractivity contribution is 5.24. The molecule has 0 saturated heterocycles. The smallest absolute Gasteiger partial charge is 0.0835 e. The van der Waals surface area contributed by atoms with Crippen LogP contribution < -0.4 is 0 Å². The summed E-state index contributed by atoms with van der Waals surface area (Å²) in [6, 6.07) is 1.95. The highest BCUT2D eigenvalue weighted by atomic mass is 16.3. The van der Waals surface area contributed by atoms with Crippen LogP contribution in [0.3, 0.4) is 0 Å². The fourth-order valence-electron chi connectivity index (χ4n) is 1.77. The van der Waals surface area contributed by atoms with Gasteiger partial charge in [0, 0.05) is 18.0 Å². The molecule has 0 aliphatic carbocycles. The van der Waals surface area contributed by atoms with Crippen LogP contribution in [-0.4, -0.2) is 10.1 Å². The highest BCUT2D eigenvalue weighted by Gasteiger charge is 2.18. The predicted molar refractivity (Wildman–Crippen MR) is 58.0 cm³/mol. The molecular weight excluding hydrogens is 174 g/mol. The maximum Gasteiger partial charge on any atom is 0.0835 e. The normalized spacial score (nSPS) is 13.2. The summed E-state index contributed by atoms with van der Waals surface area (Å²) in [5.74, 6) is 0.345. The SMILES string of the molecule is CCC(CC)C(O)c1cnccc1C. The van der Waals surface area contributed by atoms with Gasteiger partial charge in [-0.1, -0.05) is 26.7 Å². The summed E-state index contributed by atoms with van der Waals surface area (Å²) in [4.78, 5) is 4.06. The maximum absolute atomic E-state index is 10.1. The van der Waals surface area contributed by atoms with Gasteiger partial charge < -0.3 is 5.11 Å². The van der Waals surface area contributed by atoms with Crippen molar-refractivity contribution in [1.82, 2.24) is 4.98 Å². The van der Waals surface area contributed by atoms with Gasteiger partial charge >= 0.3 is 0 Å². The molecule has 1 unspecified atom stereocenters. The lowest BCUT2D eigenvalue weighted by Crippen LogP contribution is -2.12. The molecule has 0 bridgehead atoms. The first-order chi connectivity index (χ1) is 6.70. The lowest BCUT2D eigenvalue weighted by molar-refractivity contribution is 0.102. The van der Waals surface area contributed by atoms with Crippen molar-refractivity contribution in [3.05, 3.63) is 29.6 Å². The van der Waals surface area contributed by atoms with Crippen molar-refractivity contribution in [2.24, 2.45) is 5.92 Å². The molecule has 0 spiro atoms. The largest absolute Gasteiger partial charge is 0.388 e. The van der Waals surface area contributed by atoms with E-state index < -0.39 is 0 Å². The zero-order chi connectivity index (χ0) is 10.6. The molecule has 1 aromatic rings. The van der Waals surface area contributed by atoms with Gasteiger partial charge in [-0.3, -0.25) is 4.98 Å². The molecule has 1 aromatic heterocycles. The molecule has 2 nitrogen and oxygen atoms in total. The van der Waals surface area contributed by atoms with E-state index in [0.717, 1.165) is 24.0 Å². The molecule has 0 aliphatic rings. The van der Waals surface area contributed by atoms with Crippen LogP contribution in [0.1, 0.15) is 43.9 Å². The first-order valence-electron chi connectivity index (χ1n) is 5.29. The monoisotopic (exact) mass is 193 g/mol. The molecular formula is C12H19NO. The van der Waals surface area contributed by atoms with Crippen molar-refractivity contribution >= 4 is 0 Å². The van der Waals surface area contributed by atoms with Crippen LogP contribution in [0.25, 0.3) is 0 Å². The highest BCUT2D eigenvalue weighted by Crippen LogP contribution is 2.28. The van der Waals surface area contributed by atoms with E-state index in [1.165, 1.54) is 0 Å². The quantitative estimate of drug-likeness (QED) is 0.797. The fourth-order valence-corrected chi connectivity index (χ4v) is 1.77. The van der Waals surface area contributed by atoms with Gasteiger partial charge in [0.05, 0.1) is 6.10 Å². The Morgan fingerprint density at radius 2 is 2.00 bits per heavy atom. The molecule has 14 heavy (non-hydrogen) atoms. The van der Waals surface area contributed by atoms with E-state index in [-0.39, 0.29) is 6.10 Å². The minimum Gasteiger partial charge on any atom is -0.388 e. The van der Waals surface area contributed by atoms with Crippen molar-refractivity contribution < 1.29 is 5.11 Å².